The van der Waals surface area contributed by atoms with Crippen LogP contribution >= 0.6 is 0 Å². The fourth-order valence-electron chi connectivity index (χ4n) is 0.855. The van der Waals surface area contributed by atoms with Crippen LogP contribution in [0.4, 0.5) is 0 Å². The van der Waals surface area contributed by atoms with Crippen LogP contribution in [0, 0.1) is 0 Å². The zero-order valence-corrected chi connectivity index (χ0v) is 9.40. The second kappa shape index (κ2) is 4.77. The fourth-order valence-corrected chi connectivity index (χ4v) is 0.855. The third-order valence-corrected chi connectivity index (χ3v) is 1.56. The molecule has 1 aromatic carbocycles. The molecule has 0 bridgehead atoms. The molecule has 1 aliphatic heterocycles. The van der Waals surface area contributed by atoms with Crippen molar-refractivity contribution in [1.82, 2.24) is 0 Å². The number of carbonyl (C=O) groups excluding carboxylic acids is 1. The van der Waals surface area contributed by atoms with Crippen LogP contribution in [0.15, 0.2) is 30.3 Å². The summed E-state index contributed by atoms with van der Waals surface area (Å²) >= 11 is 0. The van der Waals surface area contributed by atoms with E-state index in [4.69, 9.17) is 9.47 Å². The van der Waals surface area contributed by atoms with Gasteiger partial charge in [-0.25, -0.2) is 4.79 Å². The van der Waals surface area contributed by atoms with E-state index in [9.17, 15) is 4.79 Å². The van der Waals surface area contributed by atoms with Gasteiger partial charge in [0.2, 0.25) is 0 Å². The Balaban J connectivity index is 0.000000845. The maximum absolute atomic E-state index is 11.0. The molecule has 1 radical (unpaired) electrons. The molecular formula is C9H8NaO3. The Kier molecular flexibility index (Phi) is 3.93. The molecular weight excluding hydrogens is 179 g/mol. The molecule has 3 nitrogen and oxygen atoms in total. The van der Waals surface area contributed by atoms with Gasteiger partial charge >= 0.3 is 5.97 Å². The average Bonchev–Trinajstić information content (AvgIpc) is 2.88. The van der Waals surface area contributed by atoms with E-state index in [0.717, 1.165) is 0 Å². The van der Waals surface area contributed by atoms with Crippen LogP contribution < -0.4 is 4.74 Å². The van der Waals surface area contributed by atoms with Gasteiger partial charge in [0, 0.05) is 29.6 Å². The molecule has 63 valence electrons. The van der Waals surface area contributed by atoms with Crippen molar-refractivity contribution in [3.8, 4) is 5.75 Å². The van der Waals surface area contributed by atoms with E-state index in [0.29, 0.717) is 12.4 Å². The summed E-state index contributed by atoms with van der Waals surface area (Å²) < 4.78 is 9.74. The van der Waals surface area contributed by atoms with Crippen LogP contribution in [0.2, 0.25) is 0 Å². The van der Waals surface area contributed by atoms with E-state index in [1.54, 1.807) is 12.1 Å². The van der Waals surface area contributed by atoms with Crippen LogP contribution in [0.25, 0.3) is 0 Å². The number of hydrogen-bond donors (Lipinski definition) is 0. The number of rotatable bonds is 2. The number of epoxide rings is 1. The summed E-state index contributed by atoms with van der Waals surface area (Å²) in [6.45, 7) is 0.492. The first-order chi connectivity index (χ1) is 5.86. The van der Waals surface area contributed by atoms with Gasteiger partial charge in [0.25, 0.3) is 0 Å². The minimum absolute atomic E-state index is 0. The second-order valence-corrected chi connectivity index (χ2v) is 2.56. The quantitative estimate of drug-likeness (QED) is 0.295. The van der Waals surface area contributed by atoms with E-state index in [-0.39, 0.29) is 41.6 Å². The van der Waals surface area contributed by atoms with Crippen LogP contribution in [-0.4, -0.2) is 48.2 Å². The Morgan fingerprint density at radius 2 is 2.00 bits per heavy atom. The molecule has 13 heavy (non-hydrogen) atoms. The Bertz CT molecular complexity index is 282. The largest absolute Gasteiger partial charge is 0.425 e. The van der Waals surface area contributed by atoms with Crippen LogP contribution in [0.5, 0.6) is 5.75 Å². The first kappa shape index (κ1) is 10.7. The SMILES string of the molecule is O=C(Oc1ccccc1)C1CO1.[Na]. The predicted octanol–water partition coefficient (Wildman–Crippen LogP) is 0.610. The first-order valence-electron chi connectivity index (χ1n) is 3.74. The van der Waals surface area contributed by atoms with E-state index >= 15 is 0 Å². The van der Waals surface area contributed by atoms with Gasteiger partial charge < -0.3 is 9.47 Å². The average molecular weight is 187 g/mol. The monoisotopic (exact) mass is 187 g/mol. The smallest absolute Gasteiger partial charge is 0.343 e. The summed E-state index contributed by atoms with van der Waals surface area (Å²) in [5.74, 6) is 0.263. The maximum atomic E-state index is 11.0. The predicted molar refractivity (Wildman–Crippen MR) is 47.6 cm³/mol. The minimum atomic E-state index is -0.329. The van der Waals surface area contributed by atoms with E-state index in [1.807, 2.05) is 18.2 Å². The molecule has 1 heterocycles. The first-order valence-corrected chi connectivity index (χ1v) is 3.74. The van der Waals surface area contributed by atoms with Crippen LogP contribution in [-0.2, 0) is 9.53 Å². The molecule has 1 aromatic rings. The zero-order valence-electron chi connectivity index (χ0n) is 7.40. The van der Waals surface area contributed by atoms with Crippen molar-refractivity contribution in [2.24, 2.45) is 0 Å². The van der Waals surface area contributed by atoms with Crippen molar-refractivity contribution in [2.45, 2.75) is 6.10 Å². The van der Waals surface area contributed by atoms with Crippen molar-refractivity contribution in [3.63, 3.8) is 0 Å². The van der Waals surface area contributed by atoms with Crippen LogP contribution in [0.3, 0.4) is 0 Å². The Morgan fingerprint density at radius 3 is 2.54 bits per heavy atom. The topological polar surface area (TPSA) is 38.8 Å². The van der Waals surface area contributed by atoms with Gasteiger partial charge in [-0.2, -0.15) is 0 Å². The number of benzene rings is 1. The van der Waals surface area contributed by atoms with Crippen molar-refractivity contribution < 1.29 is 14.3 Å². The molecule has 1 saturated heterocycles. The Hall–Kier alpha value is -0.350. The van der Waals surface area contributed by atoms with Gasteiger partial charge in [0.1, 0.15) is 5.75 Å². The van der Waals surface area contributed by atoms with Crippen molar-refractivity contribution in [2.75, 3.05) is 6.61 Å². The third-order valence-electron chi connectivity index (χ3n) is 1.56. The molecule has 4 heteroatoms. The Morgan fingerprint density at radius 1 is 1.38 bits per heavy atom. The van der Waals surface area contributed by atoms with Gasteiger partial charge in [-0.05, 0) is 12.1 Å². The van der Waals surface area contributed by atoms with Crippen molar-refractivity contribution in [1.29, 1.82) is 0 Å². The molecule has 0 N–H and O–H groups in total. The molecule has 2 rings (SSSR count). The fraction of sp³-hybridized carbons (Fsp3) is 0.222. The zero-order chi connectivity index (χ0) is 8.39. The number of carbonyl (C=O) groups is 1. The minimum Gasteiger partial charge on any atom is -0.425 e. The number of ether oxygens (including phenoxy) is 2. The summed E-state index contributed by atoms with van der Waals surface area (Å²) in [5, 5.41) is 0. The van der Waals surface area contributed by atoms with Gasteiger partial charge in [0.15, 0.2) is 6.10 Å². The Labute approximate surface area is 98.3 Å². The summed E-state index contributed by atoms with van der Waals surface area (Å²) in [4.78, 5) is 11.0. The van der Waals surface area contributed by atoms with Gasteiger partial charge in [-0.1, -0.05) is 18.2 Å². The van der Waals surface area contributed by atoms with E-state index in [2.05, 4.69) is 0 Å². The number of esters is 1. The van der Waals surface area contributed by atoms with Gasteiger partial charge in [-0.3, -0.25) is 0 Å². The van der Waals surface area contributed by atoms with Crippen molar-refractivity contribution in [3.05, 3.63) is 30.3 Å². The van der Waals surface area contributed by atoms with Crippen molar-refractivity contribution >= 4 is 35.5 Å². The summed E-state index contributed by atoms with van der Waals surface area (Å²) in [6.07, 6.45) is -0.329. The second-order valence-electron chi connectivity index (χ2n) is 2.56. The standard InChI is InChI=1S/C9H8O3.Na/c10-9(8-6-11-8)12-7-4-2-1-3-5-7;/h1-5,8H,6H2;. The third kappa shape index (κ3) is 3.12. The number of hydrogen-bond acceptors (Lipinski definition) is 3. The number of para-hydroxylation sites is 1. The molecule has 1 atom stereocenters. The molecule has 0 saturated carbocycles. The molecule has 0 aliphatic carbocycles. The van der Waals surface area contributed by atoms with Gasteiger partial charge in [0.05, 0.1) is 6.61 Å². The van der Waals surface area contributed by atoms with Gasteiger partial charge in [-0.15, -0.1) is 0 Å². The molecule has 0 amide bonds. The maximum Gasteiger partial charge on any atom is 0.343 e. The van der Waals surface area contributed by atoms with E-state index < -0.39 is 0 Å². The van der Waals surface area contributed by atoms with Crippen LogP contribution in [0.1, 0.15) is 0 Å². The van der Waals surface area contributed by atoms with E-state index in [1.165, 1.54) is 0 Å². The molecule has 0 spiro atoms. The normalized spacial score (nSPS) is 18.6. The summed E-state index contributed by atoms with van der Waals surface area (Å²) in [5.41, 5.74) is 0. The molecule has 1 unspecified atom stereocenters. The summed E-state index contributed by atoms with van der Waals surface area (Å²) in [7, 11) is 0. The molecule has 0 aromatic heterocycles. The summed E-state index contributed by atoms with van der Waals surface area (Å²) in [6, 6.07) is 8.97. The molecule has 1 aliphatic rings. The molecule has 1 fully saturated rings.